The Bertz CT molecular complexity index is 326. The van der Waals surface area contributed by atoms with Crippen LogP contribution in [-0.4, -0.2) is 5.11 Å². The molecular formula is C12H17BrO. The highest BCUT2D eigenvalue weighted by molar-refractivity contribution is 9.10. The van der Waals surface area contributed by atoms with E-state index >= 15 is 0 Å². The zero-order valence-corrected chi connectivity index (χ0v) is 10.7. The largest absolute Gasteiger partial charge is 0.388 e. The topological polar surface area (TPSA) is 20.2 Å². The first-order valence-electron chi connectivity index (χ1n) is 4.76. The van der Waals surface area contributed by atoms with E-state index in [1.165, 1.54) is 5.56 Å². The second kappa shape index (κ2) is 4.03. The van der Waals surface area contributed by atoms with Crippen LogP contribution in [-0.2, 0) is 0 Å². The van der Waals surface area contributed by atoms with Crippen molar-refractivity contribution in [1.29, 1.82) is 0 Å². The number of aliphatic hydroxyl groups excluding tert-OH is 1. The Balaban J connectivity index is 3.12. The summed E-state index contributed by atoms with van der Waals surface area (Å²) in [5.74, 6) is 0. The van der Waals surface area contributed by atoms with Gasteiger partial charge < -0.3 is 5.11 Å². The van der Waals surface area contributed by atoms with Gasteiger partial charge in [0, 0.05) is 4.47 Å². The fraction of sp³-hybridized carbons (Fsp3) is 0.500. The third-order valence-electron chi connectivity index (χ3n) is 2.27. The number of halogens is 1. The van der Waals surface area contributed by atoms with Crippen LogP contribution in [0.4, 0.5) is 0 Å². The number of hydrogen-bond acceptors (Lipinski definition) is 1. The normalized spacial score (nSPS) is 14.1. The van der Waals surface area contributed by atoms with Crippen molar-refractivity contribution in [2.24, 2.45) is 5.41 Å². The molecule has 1 atom stereocenters. The number of benzene rings is 1. The first-order chi connectivity index (χ1) is 6.32. The lowest BCUT2D eigenvalue weighted by Crippen LogP contribution is -2.18. The first kappa shape index (κ1) is 11.7. The molecule has 0 bridgehead atoms. The molecule has 0 amide bonds. The highest BCUT2D eigenvalue weighted by atomic mass is 79.9. The van der Waals surface area contributed by atoms with Crippen LogP contribution in [0.2, 0.25) is 0 Å². The van der Waals surface area contributed by atoms with Gasteiger partial charge in [0.25, 0.3) is 0 Å². The molecule has 0 aliphatic rings. The number of aryl methyl sites for hydroxylation is 1. The van der Waals surface area contributed by atoms with Gasteiger partial charge in [0.2, 0.25) is 0 Å². The van der Waals surface area contributed by atoms with Crippen molar-refractivity contribution in [2.75, 3.05) is 0 Å². The highest BCUT2D eigenvalue weighted by Crippen LogP contribution is 2.36. The van der Waals surface area contributed by atoms with Crippen LogP contribution in [0.25, 0.3) is 0 Å². The Morgan fingerprint density at radius 1 is 1.29 bits per heavy atom. The molecule has 0 unspecified atom stereocenters. The predicted molar refractivity (Wildman–Crippen MR) is 63.3 cm³/mol. The minimum atomic E-state index is -0.434. The zero-order chi connectivity index (χ0) is 10.9. The molecule has 1 rings (SSSR count). The van der Waals surface area contributed by atoms with Crippen LogP contribution < -0.4 is 0 Å². The minimum absolute atomic E-state index is 0.129. The van der Waals surface area contributed by atoms with E-state index < -0.39 is 6.10 Å². The molecule has 1 aromatic carbocycles. The molecule has 0 saturated heterocycles. The Kier molecular flexibility index (Phi) is 3.38. The van der Waals surface area contributed by atoms with E-state index in [-0.39, 0.29) is 5.41 Å². The Labute approximate surface area is 94.3 Å². The summed E-state index contributed by atoms with van der Waals surface area (Å²) in [5, 5.41) is 10.1. The molecule has 0 aliphatic carbocycles. The third kappa shape index (κ3) is 2.58. The van der Waals surface area contributed by atoms with E-state index in [1.54, 1.807) is 0 Å². The molecule has 1 aromatic rings. The molecule has 0 spiro atoms. The maximum absolute atomic E-state index is 10.1. The smallest absolute Gasteiger partial charge is 0.0849 e. The maximum atomic E-state index is 10.1. The minimum Gasteiger partial charge on any atom is -0.388 e. The average Bonchev–Trinajstić information content (AvgIpc) is 2.06. The van der Waals surface area contributed by atoms with Crippen molar-refractivity contribution in [3.63, 3.8) is 0 Å². The summed E-state index contributed by atoms with van der Waals surface area (Å²) in [7, 11) is 0. The molecule has 0 aliphatic heterocycles. The summed E-state index contributed by atoms with van der Waals surface area (Å²) in [6.07, 6.45) is -0.434. The van der Waals surface area contributed by atoms with Crippen molar-refractivity contribution < 1.29 is 5.11 Å². The van der Waals surface area contributed by atoms with E-state index in [0.717, 1.165) is 10.0 Å². The van der Waals surface area contributed by atoms with Gasteiger partial charge >= 0.3 is 0 Å². The lowest BCUT2D eigenvalue weighted by molar-refractivity contribution is 0.0620. The Hall–Kier alpha value is -0.340. The van der Waals surface area contributed by atoms with Crippen LogP contribution in [0.15, 0.2) is 22.7 Å². The van der Waals surface area contributed by atoms with Gasteiger partial charge in [-0.25, -0.2) is 0 Å². The van der Waals surface area contributed by atoms with Gasteiger partial charge in [-0.3, -0.25) is 0 Å². The van der Waals surface area contributed by atoms with Gasteiger partial charge in [-0.2, -0.15) is 0 Å². The van der Waals surface area contributed by atoms with Crippen molar-refractivity contribution in [3.8, 4) is 0 Å². The monoisotopic (exact) mass is 256 g/mol. The van der Waals surface area contributed by atoms with Gasteiger partial charge in [0.05, 0.1) is 6.10 Å². The van der Waals surface area contributed by atoms with Crippen LogP contribution in [0, 0.1) is 12.3 Å². The van der Waals surface area contributed by atoms with Crippen LogP contribution in [0.5, 0.6) is 0 Å². The molecule has 0 heterocycles. The number of hydrogen-bond donors (Lipinski definition) is 1. The third-order valence-corrected chi connectivity index (χ3v) is 2.99. The Morgan fingerprint density at radius 3 is 2.36 bits per heavy atom. The lowest BCUT2D eigenvalue weighted by Gasteiger charge is -2.27. The number of aliphatic hydroxyl groups is 1. The highest BCUT2D eigenvalue weighted by Gasteiger charge is 2.25. The SMILES string of the molecule is Cc1ccc(Br)c([C@H](O)C(C)(C)C)c1. The average molecular weight is 257 g/mol. The Morgan fingerprint density at radius 2 is 1.86 bits per heavy atom. The van der Waals surface area contributed by atoms with Crippen LogP contribution in [0.1, 0.15) is 38.0 Å². The standard InChI is InChI=1S/C12H17BrO/c1-8-5-6-10(13)9(7-8)11(14)12(2,3)4/h5-7,11,14H,1-4H3/t11-/m0/s1. The molecule has 0 aromatic heterocycles. The summed E-state index contributed by atoms with van der Waals surface area (Å²) >= 11 is 3.46. The maximum Gasteiger partial charge on any atom is 0.0849 e. The van der Waals surface area contributed by atoms with E-state index in [1.807, 2.05) is 45.9 Å². The molecule has 0 radical (unpaired) electrons. The second-order valence-electron chi connectivity index (χ2n) is 4.79. The molecule has 0 saturated carbocycles. The summed E-state index contributed by atoms with van der Waals surface area (Å²) in [6.45, 7) is 8.14. The molecule has 14 heavy (non-hydrogen) atoms. The molecule has 2 heteroatoms. The van der Waals surface area contributed by atoms with Gasteiger partial charge in [-0.05, 0) is 24.0 Å². The van der Waals surface area contributed by atoms with Crippen LogP contribution >= 0.6 is 15.9 Å². The zero-order valence-electron chi connectivity index (χ0n) is 9.13. The fourth-order valence-corrected chi connectivity index (χ4v) is 1.80. The lowest BCUT2D eigenvalue weighted by atomic mass is 9.84. The summed E-state index contributed by atoms with van der Waals surface area (Å²) < 4.78 is 0.977. The van der Waals surface area contributed by atoms with E-state index in [9.17, 15) is 5.11 Å². The van der Waals surface area contributed by atoms with Crippen molar-refractivity contribution in [1.82, 2.24) is 0 Å². The molecule has 1 N–H and O–H groups in total. The quantitative estimate of drug-likeness (QED) is 0.810. The summed E-state index contributed by atoms with van der Waals surface area (Å²) in [6, 6.07) is 6.04. The van der Waals surface area contributed by atoms with E-state index in [4.69, 9.17) is 0 Å². The van der Waals surface area contributed by atoms with E-state index in [0.29, 0.717) is 0 Å². The van der Waals surface area contributed by atoms with Gasteiger partial charge in [-0.15, -0.1) is 0 Å². The van der Waals surface area contributed by atoms with Crippen LogP contribution in [0.3, 0.4) is 0 Å². The molecular weight excluding hydrogens is 240 g/mol. The van der Waals surface area contributed by atoms with Gasteiger partial charge in [0.15, 0.2) is 0 Å². The van der Waals surface area contributed by atoms with Gasteiger partial charge in [-0.1, -0.05) is 54.4 Å². The van der Waals surface area contributed by atoms with Crippen molar-refractivity contribution in [2.45, 2.75) is 33.8 Å². The van der Waals surface area contributed by atoms with Crippen molar-refractivity contribution in [3.05, 3.63) is 33.8 Å². The second-order valence-corrected chi connectivity index (χ2v) is 5.65. The fourth-order valence-electron chi connectivity index (χ4n) is 1.34. The summed E-state index contributed by atoms with van der Waals surface area (Å²) in [4.78, 5) is 0. The summed E-state index contributed by atoms with van der Waals surface area (Å²) in [5.41, 5.74) is 2.01. The molecule has 1 nitrogen and oxygen atoms in total. The van der Waals surface area contributed by atoms with Crippen molar-refractivity contribution >= 4 is 15.9 Å². The van der Waals surface area contributed by atoms with Gasteiger partial charge in [0.1, 0.15) is 0 Å². The molecule has 78 valence electrons. The first-order valence-corrected chi connectivity index (χ1v) is 5.56. The molecule has 0 fully saturated rings. The number of rotatable bonds is 1. The predicted octanol–water partition coefficient (Wildman–Crippen LogP) is 3.84. The van der Waals surface area contributed by atoms with E-state index in [2.05, 4.69) is 15.9 Å².